The average Bonchev–Trinajstić information content (AvgIpc) is 2.43. The molecular formula is C15H21FN2O. The first-order valence-corrected chi connectivity index (χ1v) is 6.90. The summed E-state index contributed by atoms with van der Waals surface area (Å²) in [5.74, 6) is 0.0703. The van der Waals surface area contributed by atoms with Gasteiger partial charge < -0.3 is 10.2 Å². The van der Waals surface area contributed by atoms with Crippen molar-refractivity contribution in [3.63, 3.8) is 0 Å². The van der Waals surface area contributed by atoms with E-state index in [2.05, 4.69) is 5.32 Å². The number of nitrogens with one attached hydrogen (secondary N) is 1. The van der Waals surface area contributed by atoms with E-state index in [1.807, 2.05) is 11.0 Å². The van der Waals surface area contributed by atoms with Crippen LogP contribution in [0.3, 0.4) is 0 Å². The smallest absolute Gasteiger partial charge is 0.222 e. The van der Waals surface area contributed by atoms with Gasteiger partial charge in [-0.15, -0.1) is 0 Å². The lowest BCUT2D eigenvalue weighted by atomic mass is 10.1. The van der Waals surface area contributed by atoms with Gasteiger partial charge in [-0.3, -0.25) is 4.79 Å². The van der Waals surface area contributed by atoms with Crippen LogP contribution in [0, 0.1) is 12.7 Å². The summed E-state index contributed by atoms with van der Waals surface area (Å²) in [6.07, 6.45) is 2.24. The van der Waals surface area contributed by atoms with Gasteiger partial charge in [-0.25, -0.2) is 4.39 Å². The van der Waals surface area contributed by atoms with Crippen LogP contribution in [0.2, 0.25) is 0 Å². The first-order valence-electron chi connectivity index (χ1n) is 6.90. The van der Waals surface area contributed by atoms with Crippen molar-refractivity contribution >= 4 is 5.91 Å². The molecule has 0 bridgehead atoms. The highest BCUT2D eigenvalue weighted by Crippen LogP contribution is 2.12. The summed E-state index contributed by atoms with van der Waals surface area (Å²) in [6, 6.07) is 5.17. The molecule has 0 saturated carbocycles. The molecule has 1 fully saturated rings. The summed E-state index contributed by atoms with van der Waals surface area (Å²) in [7, 11) is 0. The number of hydrogen-bond donors (Lipinski definition) is 1. The molecule has 1 aromatic carbocycles. The molecule has 4 heteroatoms. The van der Waals surface area contributed by atoms with Gasteiger partial charge in [0.25, 0.3) is 0 Å². The van der Waals surface area contributed by atoms with Gasteiger partial charge >= 0.3 is 0 Å². The Labute approximate surface area is 113 Å². The van der Waals surface area contributed by atoms with Crippen LogP contribution >= 0.6 is 0 Å². The second kappa shape index (κ2) is 6.66. The molecule has 0 spiro atoms. The van der Waals surface area contributed by atoms with Crippen molar-refractivity contribution in [1.29, 1.82) is 0 Å². The number of aryl methyl sites for hydroxylation is 2. The maximum absolute atomic E-state index is 13.1. The van der Waals surface area contributed by atoms with Gasteiger partial charge in [-0.2, -0.15) is 0 Å². The third-order valence-corrected chi connectivity index (χ3v) is 3.55. The molecule has 104 valence electrons. The third-order valence-electron chi connectivity index (χ3n) is 3.55. The van der Waals surface area contributed by atoms with Gasteiger partial charge in [0, 0.05) is 32.6 Å². The fraction of sp³-hybridized carbons (Fsp3) is 0.533. The SMILES string of the molecule is Cc1cc(CCCC(=O)N2CCNCC2)ccc1F. The molecule has 0 atom stereocenters. The Kier molecular flexibility index (Phi) is 4.91. The predicted octanol–water partition coefficient (Wildman–Crippen LogP) is 1.89. The number of carbonyl (C=O) groups is 1. The van der Waals surface area contributed by atoms with E-state index in [-0.39, 0.29) is 11.7 Å². The number of rotatable bonds is 4. The number of carbonyl (C=O) groups excluding carboxylic acids is 1. The lowest BCUT2D eigenvalue weighted by Gasteiger charge is -2.27. The molecule has 2 rings (SSSR count). The Morgan fingerprint density at radius 2 is 2.11 bits per heavy atom. The van der Waals surface area contributed by atoms with Crippen LogP contribution in [0.4, 0.5) is 4.39 Å². The molecular weight excluding hydrogens is 243 g/mol. The molecule has 1 N–H and O–H groups in total. The Balaban J connectivity index is 1.76. The zero-order valence-corrected chi connectivity index (χ0v) is 11.4. The maximum atomic E-state index is 13.1. The summed E-state index contributed by atoms with van der Waals surface area (Å²) >= 11 is 0. The molecule has 0 aliphatic carbocycles. The summed E-state index contributed by atoms with van der Waals surface area (Å²) < 4.78 is 13.1. The molecule has 0 radical (unpaired) electrons. The Morgan fingerprint density at radius 1 is 1.37 bits per heavy atom. The highest BCUT2D eigenvalue weighted by Gasteiger charge is 2.15. The van der Waals surface area contributed by atoms with E-state index in [4.69, 9.17) is 0 Å². The number of benzene rings is 1. The maximum Gasteiger partial charge on any atom is 0.222 e. The standard InChI is InChI=1S/C15H21FN2O/c1-12-11-13(5-6-14(12)16)3-2-4-15(19)18-9-7-17-8-10-18/h5-6,11,17H,2-4,7-10H2,1H3. The van der Waals surface area contributed by atoms with Crippen LogP contribution < -0.4 is 5.32 Å². The highest BCUT2D eigenvalue weighted by atomic mass is 19.1. The molecule has 1 aromatic rings. The molecule has 0 aromatic heterocycles. The van der Waals surface area contributed by atoms with E-state index in [0.29, 0.717) is 12.0 Å². The normalized spacial score (nSPS) is 15.6. The van der Waals surface area contributed by atoms with Gasteiger partial charge in [0.15, 0.2) is 0 Å². The average molecular weight is 264 g/mol. The minimum absolute atomic E-state index is 0.166. The van der Waals surface area contributed by atoms with Crippen LogP contribution in [0.15, 0.2) is 18.2 Å². The van der Waals surface area contributed by atoms with Crippen LogP contribution in [0.5, 0.6) is 0 Å². The van der Waals surface area contributed by atoms with Crippen molar-refractivity contribution in [1.82, 2.24) is 10.2 Å². The monoisotopic (exact) mass is 264 g/mol. The quantitative estimate of drug-likeness (QED) is 0.900. The fourth-order valence-electron chi connectivity index (χ4n) is 2.38. The molecule has 19 heavy (non-hydrogen) atoms. The first-order chi connectivity index (χ1) is 9.16. The first kappa shape index (κ1) is 14.0. The van der Waals surface area contributed by atoms with E-state index in [9.17, 15) is 9.18 Å². The summed E-state index contributed by atoms with van der Waals surface area (Å²) in [5.41, 5.74) is 1.78. The minimum Gasteiger partial charge on any atom is -0.340 e. The Morgan fingerprint density at radius 3 is 2.79 bits per heavy atom. The third kappa shape index (κ3) is 4.03. The summed E-state index contributed by atoms with van der Waals surface area (Å²) in [4.78, 5) is 13.9. The Hall–Kier alpha value is -1.42. The molecule has 1 saturated heterocycles. The second-order valence-corrected chi connectivity index (χ2v) is 5.07. The minimum atomic E-state index is -0.166. The lowest BCUT2D eigenvalue weighted by molar-refractivity contribution is -0.131. The molecule has 0 unspecified atom stereocenters. The number of nitrogens with zero attached hydrogens (tertiary/aromatic N) is 1. The van der Waals surface area contributed by atoms with Crippen molar-refractivity contribution in [3.8, 4) is 0 Å². The number of halogens is 1. The number of hydrogen-bond acceptors (Lipinski definition) is 2. The fourth-order valence-corrected chi connectivity index (χ4v) is 2.38. The van der Waals surface area contributed by atoms with Crippen LogP contribution in [0.1, 0.15) is 24.0 Å². The van der Waals surface area contributed by atoms with Gasteiger partial charge in [-0.1, -0.05) is 12.1 Å². The van der Waals surface area contributed by atoms with E-state index in [1.54, 1.807) is 13.0 Å². The predicted molar refractivity (Wildman–Crippen MR) is 73.5 cm³/mol. The van der Waals surface area contributed by atoms with Crippen LogP contribution in [-0.4, -0.2) is 37.0 Å². The highest BCUT2D eigenvalue weighted by molar-refractivity contribution is 5.76. The zero-order chi connectivity index (χ0) is 13.7. The van der Waals surface area contributed by atoms with E-state index < -0.39 is 0 Å². The van der Waals surface area contributed by atoms with Gasteiger partial charge in [0.05, 0.1) is 0 Å². The second-order valence-electron chi connectivity index (χ2n) is 5.07. The molecule has 1 heterocycles. The number of amides is 1. The van der Waals surface area contributed by atoms with Gasteiger partial charge in [-0.05, 0) is 37.0 Å². The van der Waals surface area contributed by atoms with Gasteiger partial charge in [0.2, 0.25) is 5.91 Å². The van der Waals surface area contributed by atoms with Crippen molar-refractivity contribution in [2.75, 3.05) is 26.2 Å². The van der Waals surface area contributed by atoms with Crippen molar-refractivity contribution < 1.29 is 9.18 Å². The zero-order valence-electron chi connectivity index (χ0n) is 11.4. The number of piperazine rings is 1. The molecule has 1 amide bonds. The Bertz CT molecular complexity index is 442. The van der Waals surface area contributed by atoms with Crippen molar-refractivity contribution in [2.24, 2.45) is 0 Å². The van der Waals surface area contributed by atoms with Crippen molar-refractivity contribution in [3.05, 3.63) is 35.1 Å². The van der Waals surface area contributed by atoms with E-state index in [0.717, 1.165) is 44.6 Å². The molecule has 1 aliphatic rings. The summed E-state index contributed by atoms with van der Waals surface area (Å²) in [6.45, 7) is 5.18. The topological polar surface area (TPSA) is 32.3 Å². The van der Waals surface area contributed by atoms with Gasteiger partial charge in [0.1, 0.15) is 5.82 Å². The van der Waals surface area contributed by atoms with Crippen molar-refractivity contribution in [2.45, 2.75) is 26.2 Å². The molecule has 1 aliphatic heterocycles. The van der Waals surface area contributed by atoms with E-state index in [1.165, 1.54) is 6.07 Å². The molecule has 3 nitrogen and oxygen atoms in total. The summed E-state index contributed by atoms with van der Waals surface area (Å²) in [5, 5.41) is 3.23. The largest absolute Gasteiger partial charge is 0.340 e. The lowest BCUT2D eigenvalue weighted by Crippen LogP contribution is -2.46. The van der Waals surface area contributed by atoms with Crippen LogP contribution in [-0.2, 0) is 11.2 Å². The van der Waals surface area contributed by atoms with E-state index >= 15 is 0 Å². The van der Waals surface area contributed by atoms with Crippen LogP contribution in [0.25, 0.3) is 0 Å².